The molecule has 142 valence electrons. The summed E-state index contributed by atoms with van der Waals surface area (Å²) in [5.74, 6) is -1.64. The van der Waals surface area contributed by atoms with E-state index < -0.39 is 17.0 Å². The first-order chi connectivity index (χ1) is 13.1. The molecule has 2 aromatic carbocycles. The molecule has 1 saturated carbocycles. The molecule has 2 fully saturated rings. The highest BCUT2D eigenvalue weighted by atomic mass is 19.2. The van der Waals surface area contributed by atoms with Crippen LogP contribution < -0.4 is 5.32 Å². The predicted octanol–water partition coefficient (Wildman–Crippen LogP) is 4.25. The van der Waals surface area contributed by atoms with Crippen LogP contribution in [0.5, 0.6) is 0 Å². The number of carbonyl (C=O) groups is 1. The number of nitrogens with one attached hydrogen (secondary N) is 1. The molecule has 1 N–H and O–H groups in total. The van der Waals surface area contributed by atoms with Crippen molar-refractivity contribution in [2.24, 2.45) is 5.41 Å². The van der Waals surface area contributed by atoms with Gasteiger partial charge in [0.05, 0.1) is 5.41 Å². The summed E-state index contributed by atoms with van der Waals surface area (Å²) >= 11 is 0. The smallest absolute Gasteiger partial charge is 0.226 e. The van der Waals surface area contributed by atoms with Gasteiger partial charge >= 0.3 is 0 Å². The van der Waals surface area contributed by atoms with Crippen LogP contribution in [0.4, 0.5) is 8.78 Å². The van der Waals surface area contributed by atoms with E-state index in [1.807, 2.05) is 24.3 Å². The number of hydrogen-bond acceptors (Lipinski definition) is 2. The average molecular weight is 371 g/mol. The molecular weight excluding hydrogens is 348 g/mol. The fraction of sp³-hybridized carbons (Fsp3) is 0.409. The molecule has 5 heteroatoms. The SMILES string of the molecule is O=C(NC1CC1)C1(Cc2ccccc2-c2ccc(F)c(F)c2)CCOCC1. The van der Waals surface area contributed by atoms with Crippen LogP contribution in [0, 0.1) is 17.0 Å². The van der Waals surface area contributed by atoms with Crippen molar-refractivity contribution in [3.63, 3.8) is 0 Å². The maximum Gasteiger partial charge on any atom is 0.226 e. The van der Waals surface area contributed by atoms with Crippen LogP contribution in [-0.4, -0.2) is 25.2 Å². The Morgan fingerprint density at radius 1 is 1.07 bits per heavy atom. The van der Waals surface area contributed by atoms with E-state index in [1.54, 1.807) is 6.07 Å². The van der Waals surface area contributed by atoms with Gasteiger partial charge in [-0.25, -0.2) is 8.78 Å². The highest BCUT2D eigenvalue weighted by Gasteiger charge is 2.42. The Morgan fingerprint density at radius 2 is 1.81 bits per heavy atom. The van der Waals surface area contributed by atoms with Gasteiger partial charge in [-0.1, -0.05) is 30.3 Å². The first-order valence-corrected chi connectivity index (χ1v) is 9.49. The van der Waals surface area contributed by atoms with Crippen molar-refractivity contribution in [1.82, 2.24) is 5.32 Å². The normalized spacial score (nSPS) is 18.9. The van der Waals surface area contributed by atoms with E-state index in [1.165, 1.54) is 6.07 Å². The van der Waals surface area contributed by atoms with Crippen LogP contribution in [-0.2, 0) is 16.0 Å². The lowest BCUT2D eigenvalue weighted by atomic mass is 9.73. The third-order valence-corrected chi connectivity index (χ3v) is 5.62. The number of rotatable bonds is 5. The number of hydrogen-bond donors (Lipinski definition) is 1. The second kappa shape index (κ2) is 7.39. The van der Waals surface area contributed by atoms with E-state index in [0.29, 0.717) is 44.1 Å². The molecule has 1 amide bonds. The predicted molar refractivity (Wildman–Crippen MR) is 99.1 cm³/mol. The molecular formula is C22H23F2NO2. The second-order valence-electron chi connectivity index (χ2n) is 7.60. The van der Waals surface area contributed by atoms with Gasteiger partial charge in [0, 0.05) is 19.3 Å². The van der Waals surface area contributed by atoms with Crippen molar-refractivity contribution in [2.75, 3.05) is 13.2 Å². The zero-order chi connectivity index (χ0) is 18.9. The quantitative estimate of drug-likeness (QED) is 0.853. The zero-order valence-electron chi connectivity index (χ0n) is 15.1. The largest absolute Gasteiger partial charge is 0.381 e. The maximum absolute atomic E-state index is 13.8. The summed E-state index contributed by atoms with van der Waals surface area (Å²) in [5, 5.41) is 3.16. The highest BCUT2D eigenvalue weighted by Crippen LogP contribution is 2.38. The number of carbonyl (C=O) groups excluding carboxylic acids is 1. The van der Waals surface area contributed by atoms with Crippen LogP contribution >= 0.6 is 0 Å². The topological polar surface area (TPSA) is 38.3 Å². The van der Waals surface area contributed by atoms with Crippen LogP contribution in [0.2, 0.25) is 0 Å². The number of ether oxygens (including phenoxy) is 1. The van der Waals surface area contributed by atoms with Gasteiger partial charge < -0.3 is 10.1 Å². The van der Waals surface area contributed by atoms with E-state index in [-0.39, 0.29) is 5.91 Å². The minimum absolute atomic E-state index is 0.0911. The zero-order valence-corrected chi connectivity index (χ0v) is 15.1. The Labute approximate surface area is 157 Å². The molecule has 0 radical (unpaired) electrons. The fourth-order valence-corrected chi connectivity index (χ4v) is 3.80. The molecule has 3 nitrogen and oxygen atoms in total. The van der Waals surface area contributed by atoms with E-state index in [2.05, 4.69) is 5.32 Å². The standard InChI is InChI=1S/C22H23F2NO2/c23-19-8-5-15(13-20(19)24)18-4-2-1-3-16(18)14-22(9-11-27-12-10-22)21(26)25-17-6-7-17/h1-5,8,13,17H,6-7,9-12,14H2,(H,25,26). The Morgan fingerprint density at radius 3 is 2.52 bits per heavy atom. The van der Waals surface area contributed by atoms with Gasteiger partial charge in [0.25, 0.3) is 0 Å². The molecule has 2 aliphatic rings. The monoisotopic (exact) mass is 371 g/mol. The summed E-state index contributed by atoms with van der Waals surface area (Å²) in [6, 6.07) is 11.9. The summed E-state index contributed by atoms with van der Waals surface area (Å²) in [6.45, 7) is 1.12. The van der Waals surface area contributed by atoms with Gasteiger partial charge in [-0.15, -0.1) is 0 Å². The lowest BCUT2D eigenvalue weighted by Gasteiger charge is -2.36. The molecule has 1 aliphatic carbocycles. The molecule has 4 rings (SSSR count). The summed E-state index contributed by atoms with van der Waals surface area (Å²) in [6.07, 6.45) is 3.98. The van der Waals surface area contributed by atoms with Crippen molar-refractivity contribution < 1.29 is 18.3 Å². The number of halogens is 2. The lowest BCUT2D eigenvalue weighted by molar-refractivity contribution is -0.136. The highest BCUT2D eigenvalue weighted by molar-refractivity contribution is 5.84. The summed E-state index contributed by atoms with van der Waals surface area (Å²) in [5.41, 5.74) is 1.90. The second-order valence-corrected chi connectivity index (χ2v) is 7.60. The van der Waals surface area contributed by atoms with Gasteiger partial charge in [0.1, 0.15) is 0 Å². The summed E-state index contributed by atoms with van der Waals surface area (Å²) in [7, 11) is 0. The maximum atomic E-state index is 13.8. The summed E-state index contributed by atoms with van der Waals surface area (Å²) < 4.78 is 32.6. The third kappa shape index (κ3) is 3.88. The van der Waals surface area contributed by atoms with Crippen LogP contribution in [0.1, 0.15) is 31.2 Å². The Balaban J connectivity index is 1.67. The Kier molecular flexibility index (Phi) is 4.96. The molecule has 2 aromatic rings. The lowest BCUT2D eigenvalue weighted by Crippen LogP contribution is -2.46. The molecule has 1 heterocycles. The molecule has 0 spiro atoms. The molecule has 27 heavy (non-hydrogen) atoms. The third-order valence-electron chi connectivity index (χ3n) is 5.62. The van der Waals surface area contributed by atoms with Gasteiger partial charge in [-0.3, -0.25) is 4.79 Å². The molecule has 0 atom stereocenters. The fourth-order valence-electron chi connectivity index (χ4n) is 3.80. The Hall–Kier alpha value is -2.27. The molecule has 1 aliphatic heterocycles. The van der Waals surface area contributed by atoms with Gasteiger partial charge in [-0.2, -0.15) is 0 Å². The van der Waals surface area contributed by atoms with Crippen molar-refractivity contribution >= 4 is 5.91 Å². The van der Waals surface area contributed by atoms with Crippen molar-refractivity contribution in [3.05, 3.63) is 59.7 Å². The van der Waals surface area contributed by atoms with Crippen LogP contribution in [0.3, 0.4) is 0 Å². The van der Waals surface area contributed by atoms with E-state index in [0.717, 1.165) is 30.0 Å². The van der Waals surface area contributed by atoms with Gasteiger partial charge in [0.2, 0.25) is 5.91 Å². The number of amides is 1. The molecule has 0 bridgehead atoms. The minimum Gasteiger partial charge on any atom is -0.381 e. The molecule has 0 aromatic heterocycles. The average Bonchev–Trinajstić information content (AvgIpc) is 3.49. The van der Waals surface area contributed by atoms with Gasteiger partial charge in [-0.05, 0) is 60.9 Å². The van der Waals surface area contributed by atoms with Crippen molar-refractivity contribution in [3.8, 4) is 11.1 Å². The van der Waals surface area contributed by atoms with Crippen molar-refractivity contribution in [1.29, 1.82) is 0 Å². The molecule has 0 unspecified atom stereocenters. The molecule has 1 saturated heterocycles. The van der Waals surface area contributed by atoms with Gasteiger partial charge in [0.15, 0.2) is 11.6 Å². The van der Waals surface area contributed by atoms with Crippen LogP contribution in [0.15, 0.2) is 42.5 Å². The first-order valence-electron chi connectivity index (χ1n) is 9.49. The van der Waals surface area contributed by atoms with Crippen LogP contribution in [0.25, 0.3) is 11.1 Å². The van der Waals surface area contributed by atoms with E-state index in [4.69, 9.17) is 4.74 Å². The first kappa shape index (κ1) is 18.1. The Bertz CT molecular complexity index is 842. The minimum atomic E-state index is -0.866. The van der Waals surface area contributed by atoms with E-state index in [9.17, 15) is 13.6 Å². The summed E-state index contributed by atoms with van der Waals surface area (Å²) in [4.78, 5) is 13.0. The van der Waals surface area contributed by atoms with Crippen molar-refractivity contribution in [2.45, 2.75) is 38.1 Å². The van der Waals surface area contributed by atoms with E-state index >= 15 is 0 Å². The number of benzene rings is 2.